The molecule has 0 radical (unpaired) electrons. The summed E-state index contributed by atoms with van der Waals surface area (Å²) in [5.41, 5.74) is 5.79. The number of aliphatic hydroxyl groups excluding tert-OH is 1. The van der Waals surface area contributed by atoms with Crippen LogP contribution >= 0.6 is 0 Å². The number of hydrogen-bond donors (Lipinski definition) is 3. The number of hydrogen-bond acceptors (Lipinski definition) is 4. The second-order valence-corrected chi connectivity index (χ2v) is 4.00. The highest BCUT2D eigenvalue weighted by Gasteiger charge is 2.20. The summed E-state index contributed by atoms with van der Waals surface area (Å²) in [6, 6.07) is 5.86. The first-order valence-electron chi connectivity index (χ1n) is 6.10. The van der Waals surface area contributed by atoms with Crippen molar-refractivity contribution in [1.82, 2.24) is 4.90 Å². The molecule has 0 spiro atoms. The predicted octanol–water partition coefficient (Wildman–Crippen LogP) is -0.435. The molecule has 20 heavy (non-hydrogen) atoms. The summed E-state index contributed by atoms with van der Waals surface area (Å²) in [4.78, 5) is 35.6. The van der Waals surface area contributed by atoms with Crippen LogP contribution in [0.25, 0.3) is 0 Å². The van der Waals surface area contributed by atoms with E-state index in [9.17, 15) is 14.4 Å². The molecule has 0 saturated heterocycles. The van der Waals surface area contributed by atoms with Gasteiger partial charge in [-0.05, 0) is 31.2 Å². The van der Waals surface area contributed by atoms with Crippen LogP contribution in [0.15, 0.2) is 24.3 Å². The van der Waals surface area contributed by atoms with Crippen LogP contribution in [0.4, 0.5) is 5.69 Å². The Balaban J connectivity index is 2.70. The lowest BCUT2D eigenvalue weighted by Gasteiger charge is -2.18. The number of carbonyl (C=O) groups excluding carboxylic acids is 3. The number of carbonyl (C=O) groups is 3. The molecule has 0 bridgehead atoms. The van der Waals surface area contributed by atoms with Gasteiger partial charge in [0.05, 0.1) is 6.61 Å². The summed E-state index contributed by atoms with van der Waals surface area (Å²) in [5, 5.41) is 11.2. The zero-order valence-corrected chi connectivity index (χ0v) is 11.1. The number of likely N-dealkylation sites (N-methyl/N-ethyl adjacent to an activating group) is 1. The number of nitrogens with zero attached hydrogens (tertiary/aromatic N) is 1. The van der Waals surface area contributed by atoms with E-state index in [1.807, 2.05) is 0 Å². The van der Waals surface area contributed by atoms with Gasteiger partial charge in [-0.3, -0.25) is 14.4 Å². The first kappa shape index (κ1) is 15.6. The van der Waals surface area contributed by atoms with Crippen molar-refractivity contribution in [2.24, 2.45) is 5.73 Å². The fraction of sp³-hybridized carbons (Fsp3) is 0.308. The lowest BCUT2D eigenvalue weighted by atomic mass is 10.2. The Labute approximate surface area is 116 Å². The number of nitrogens with one attached hydrogen (secondary N) is 1. The van der Waals surface area contributed by atoms with Gasteiger partial charge in [0.2, 0.25) is 5.91 Å². The molecule has 0 atom stereocenters. The topological polar surface area (TPSA) is 113 Å². The summed E-state index contributed by atoms with van der Waals surface area (Å²) < 4.78 is 0. The van der Waals surface area contributed by atoms with Crippen molar-refractivity contribution in [3.05, 3.63) is 29.8 Å². The highest BCUT2D eigenvalue weighted by atomic mass is 16.3. The van der Waals surface area contributed by atoms with Crippen molar-refractivity contribution in [1.29, 1.82) is 0 Å². The molecule has 0 unspecified atom stereocenters. The van der Waals surface area contributed by atoms with E-state index < -0.39 is 17.7 Å². The van der Waals surface area contributed by atoms with Gasteiger partial charge in [-0.2, -0.15) is 0 Å². The van der Waals surface area contributed by atoms with Gasteiger partial charge in [-0.25, -0.2) is 0 Å². The number of primary amides is 1. The average molecular weight is 279 g/mol. The SMILES string of the molecule is CCN(CCO)C(=O)C(=O)Nc1ccc(C(N)=O)cc1. The van der Waals surface area contributed by atoms with Gasteiger partial charge < -0.3 is 21.1 Å². The Kier molecular flexibility index (Phi) is 5.67. The first-order valence-corrected chi connectivity index (χ1v) is 6.10. The van der Waals surface area contributed by atoms with Gasteiger partial charge in [0, 0.05) is 24.3 Å². The number of nitrogens with two attached hydrogens (primary N) is 1. The number of amides is 3. The second kappa shape index (κ2) is 7.25. The molecular formula is C13H17N3O4. The lowest BCUT2D eigenvalue weighted by molar-refractivity contribution is -0.143. The summed E-state index contributed by atoms with van der Waals surface area (Å²) in [7, 11) is 0. The maximum Gasteiger partial charge on any atom is 0.313 e. The van der Waals surface area contributed by atoms with E-state index in [2.05, 4.69) is 5.32 Å². The summed E-state index contributed by atoms with van der Waals surface area (Å²) in [6.07, 6.45) is 0. The number of rotatable bonds is 5. The normalized spacial score (nSPS) is 9.90. The van der Waals surface area contributed by atoms with Crippen LogP contribution < -0.4 is 11.1 Å². The van der Waals surface area contributed by atoms with Crippen molar-refractivity contribution >= 4 is 23.4 Å². The molecule has 7 heteroatoms. The van der Waals surface area contributed by atoms with Crippen LogP contribution in [0.1, 0.15) is 17.3 Å². The van der Waals surface area contributed by atoms with E-state index in [-0.39, 0.29) is 13.2 Å². The molecule has 108 valence electrons. The van der Waals surface area contributed by atoms with E-state index in [0.717, 1.165) is 0 Å². The van der Waals surface area contributed by atoms with Crippen molar-refractivity contribution in [2.45, 2.75) is 6.92 Å². The minimum Gasteiger partial charge on any atom is -0.395 e. The Hall–Kier alpha value is -2.41. The minimum atomic E-state index is -0.799. The molecule has 0 heterocycles. The fourth-order valence-corrected chi connectivity index (χ4v) is 1.57. The van der Waals surface area contributed by atoms with E-state index in [4.69, 9.17) is 10.8 Å². The molecule has 0 fully saturated rings. The van der Waals surface area contributed by atoms with Crippen molar-refractivity contribution in [3.63, 3.8) is 0 Å². The molecule has 0 aliphatic rings. The molecule has 0 aliphatic heterocycles. The second-order valence-electron chi connectivity index (χ2n) is 4.00. The van der Waals surface area contributed by atoms with Crippen LogP contribution in [0, 0.1) is 0 Å². The zero-order chi connectivity index (χ0) is 15.1. The largest absolute Gasteiger partial charge is 0.395 e. The van der Waals surface area contributed by atoms with Crippen molar-refractivity contribution in [3.8, 4) is 0 Å². The van der Waals surface area contributed by atoms with Gasteiger partial charge in [-0.15, -0.1) is 0 Å². The molecule has 0 aliphatic carbocycles. The third-order valence-electron chi connectivity index (χ3n) is 2.66. The molecule has 1 aromatic rings. The fourth-order valence-electron chi connectivity index (χ4n) is 1.57. The predicted molar refractivity (Wildman–Crippen MR) is 72.9 cm³/mol. The van der Waals surface area contributed by atoms with Crippen molar-refractivity contribution in [2.75, 3.05) is 25.0 Å². The van der Waals surface area contributed by atoms with Gasteiger partial charge in [0.15, 0.2) is 0 Å². The molecule has 7 nitrogen and oxygen atoms in total. The third kappa shape index (κ3) is 4.06. The minimum absolute atomic E-state index is 0.101. The first-order chi connectivity index (χ1) is 9.49. The molecule has 0 aromatic heterocycles. The zero-order valence-electron chi connectivity index (χ0n) is 11.1. The van der Waals surface area contributed by atoms with Crippen LogP contribution in [-0.2, 0) is 9.59 Å². The Bertz CT molecular complexity index is 499. The van der Waals surface area contributed by atoms with Crippen molar-refractivity contribution < 1.29 is 19.5 Å². The Morgan fingerprint density at radius 2 is 1.85 bits per heavy atom. The van der Waals surface area contributed by atoms with Crippen LogP contribution in [-0.4, -0.2) is 47.4 Å². The number of anilines is 1. The highest BCUT2D eigenvalue weighted by Crippen LogP contribution is 2.09. The quantitative estimate of drug-likeness (QED) is 0.634. The van der Waals surface area contributed by atoms with Gasteiger partial charge in [0.25, 0.3) is 0 Å². The Morgan fingerprint density at radius 1 is 1.25 bits per heavy atom. The van der Waals surface area contributed by atoms with Crippen LogP contribution in [0.5, 0.6) is 0 Å². The summed E-state index contributed by atoms with van der Waals surface area (Å²) in [6.45, 7) is 1.93. The molecule has 1 aromatic carbocycles. The van der Waals surface area contributed by atoms with Gasteiger partial charge >= 0.3 is 11.8 Å². The van der Waals surface area contributed by atoms with Gasteiger partial charge in [-0.1, -0.05) is 0 Å². The van der Waals surface area contributed by atoms with Crippen LogP contribution in [0.3, 0.4) is 0 Å². The van der Waals surface area contributed by atoms with E-state index in [0.29, 0.717) is 17.8 Å². The molecule has 4 N–H and O–H groups in total. The summed E-state index contributed by atoms with van der Waals surface area (Å²) >= 11 is 0. The number of aliphatic hydroxyl groups is 1. The molecule has 0 saturated carbocycles. The lowest BCUT2D eigenvalue weighted by Crippen LogP contribution is -2.41. The van der Waals surface area contributed by atoms with E-state index >= 15 is 0 Å². The maximum atomic E-state index is 11.8. The third-order valence-corrected chi connectivity index (χ3v) is 2.66. The molecule has 1 rings (SSSR count). The standard InChI is InChI=1S/C13H17N3O4/c1-2-16(7-8-17)13(20)12(19)15-10-5-3-9(4-6-10)11(14)18/h3-6,17H,2,7-8H2,1H3,(H2,14,18)(H,15,19). The summed E-state index contributed by atoms with van der Waals surface area (Å²) in [5.74, 6) is -2.09. The van der Waals surface area contributed by atoms with Crippen LogP contribution in [0.2, 0.25) is 0 Å². The number of benzene rings is 1. The molecule has 3 amide bonds. The van der Waals surface area contributed by atoms with E-state index in [1.54, 1.807) is 6.92 Å². The van der Waals surface area contributed by atoms with Gasteiger partial charge in [0.1, 0.15) is 0 Å². The highest BCUT2D eigenvalue weighted by molar-refractivity contribution is 6.39. The Morgan fingerprint density at radius 3 is 2.30 bits per heavy atom. The monoisotopic (exact) mass is 279 g/mol. The van der Waals surface area contributed by atoms with E-state index in [1.165, 1.54) is 29.2 Å². The smallest absolute Gasteiger partial charge is 0.313 e. The maximum absolute atomic E-state index is 11.8. The molecular weight excluding hydrogens is 262 g/mol. The average Bonchev–Trinajstić information content (AvgIpc) is 2.44.